The van der Waals surface area contributed by atoms with Gasteiger partial charge in [0.25, 0.3) is 11.8 Å². The second-order valence-corrected chi connectivity index (χ2v) is 13.2. The molecule has 0 saturated heterocycles. The van der Waals surface area contributed by atoms with Crippen LogP contribution in [0.15, 0.2) is 88.4 Å². The molecule has 3 heterocycles. The van der Waals surface area contributed by atoms with Crippen molar-refractivity contribution in [1.29, 1.82) is 0 Å². The highest BCUT2D eigenvalue weighted by Gasteiger charge is 2.34. The Morgan fingerprint density at radius 3 is 2.33 bits per heavy atom. The van der Waals surface area contributed by atoms with Crippen molar-refractivity contribution in [1.82, 2.24) is 25.1 Å². The number of amides is 2. The van der Waals surface area contributed by atoms with Crippen molar-refractivity contribution in [2.45, 2.75) is 38.0 Å². The van der Waals surface area contributed by atoms with Crippen LogP contribution in [0.4, 0.5) is 0 Å². The number of carbonyl (C=O) groups is 2. The highest BCUT2D eigenvalue weighted by atomic mass is 32.2. The molecule has 5 aromatic rings. The van der Waals surface area contributed by atoms with Crippen molar-refractivity contribution >= 4 is 40.6 Å². The fraction of sp³-hybridized carbons (Fsp3) is 0.250. The third kappa shape index (κ3) is 7.32. The topological polar surface area (TPSA) is 120 Å². The lowest BCUT2D eigenvalue weighted by molar-refractivity contribution is -0.130. The van der Waals surface area contributed by atoms with E-state index in [1.807, 2.05) is 78.4 Å². The monoisotopic (exact) mass is 696 g/mol. The lowest BCUT2D eigenvalue weighted by atomic mass is 10.0. The largest absolute Gasteiger partial charge is 0.497 e. The number of hydrogen-bond acceptors (Lipinski definition) is 10. The van der Waals surface area contributed by atoms with Crippen molar-refractivity contribution in [3.63, 3.8) is 0 Å². The molecule has 6 rings (SSSR count). The fourth-order valence-corrected chi connectivity index (χ4v) is 7.08. The number of hydrogen-bond donors (Lipinski definition) is 1. The van der Waals surface area contributed by atoms with Gasteiger partial charge in [-0.05, 0) is 72.3 Å². The molecule has 0 saturated carbocycles. The van der Waals surface area contributed by atoms with Gasteiger partial charge in [0.1, 0.15) is 17.2 Å². The van der Waals surface area contributed by atoms with Crippen molar-refractivity contribution in [3.8, 4) is 22.9 Å². The van der Waals surface area contributed by atoms with Crippen LogP contribution in [0.5, 0.6) is 17.2 Å². The average Bonchev–Trinajstić information content (AvgIpc) is 3.91. The summed E-state index contributed by atoms with van der Waals surface area (Å²) >= 11 is 2.88. The van der Waals surface area contributed by atoms with Crippen LogP contribution >= 0.6 is 23.1 Å². The van der Waals surface area contributed by atoms with E-state index in [1.165, 1.54) is 26.0 Å². The summed E-state index contributed by atoms with van der Waals surface area (Å²) in [7, 11) is 4.69. The van der Waals surface area contributed by atoms with Gasteiger partial charge in [0.05, 0.1) is 55.9 Å². The molecule has 0 spiro atoms. The number of methoxy groups -OCH3 is 3. The van der Waals surface area contributed by atoms with Crippen LogP contribution in [-0.4, -0.2) is 64.4 Å². The second kappa shape index (κ2) is 15.0. The molecule has 1 N–H and O–H groups in total. The number of rotatable bonds is 12. The normalized spacial score (nSPS) is 14.0. The third-order valence-electron chi connectivity index (χ3n) is 8.33. The number of nitrogens with zero attached hydrogens (tertiary/aromatic N) is 5. The highest BCUT2D eigenvalue weighted by Crippen LogP contribution is 2.36. The molecule has 1 aliphatic rings. The smallest absolute Gasteiger partial charge is 0.253 e. The molecule has 0 aliphatic carbocycles. The Labute approximate surface area is 292 Å². The first-order valence-electron chi connectivity index (χ1n) is 15.5. The molecule has 11 nitrogen and oxygen atoms in total. The maximum Gasteiger partial charge on any atom is 0.253 e. The molecule has 3 aromatic carbocycles. The summed E-state index contributed by atoms with van der Waals surface area (Å²) in [5.74, 6) is 1.87. The maximum absolute atomic E-state index is 13.9. The SMILES string of the molecule is COc1ccc(C2CC(c3cccs3)=NN2C(=O)CSc2nnc(CNC(=O)c3cc(OC)cc(OC)c3)n2-c2cccc(C)c2C)cc1. The van der Waals surface area contributed by atoms with Gasteiger partial charge in [-0.1, -0.05) is 42.1 Å². The minimum atomic E-state index is -0.324. The maximum atomic E-state index is 13.9. The van der Waals surface area contributed by atoms with Crippen molar-refractivity contribution in [2.75, 3.05) is 27.1 Å². The van der Waals surface area contributed by atoms with E-state index < -0.39 is 0 Å². The van der Waals surface area contributed by atoms with Crippen molar-refractivity contribution in [2.24, 2.45) is 5.10 Å². The standard InChI is InChI=1S/C36H36N6O5S2/c1-22-8-6-9-30(23(22)2)41-33(20-37-35(44)25-16-27(46-4)18-28(17-25)47-5)38-39-36(41)49-21-34(43)42-31(24-11-13-26(45-3)14-12-24)19-29(40-42)32-10-7-15-48-32/h6-18,31H,19-21H2,1-5H3,(H,37,44). The third-order valence-corrected chi connectivity index (χ3v) is 10.2. The summed E-state index contributed by atoms with van der Waals surface area (Å²) in [5, 5.41) is 20.8. The van der Waals surface area contributed by atoms with Gasteiger partial charge in [-0.3, -0.25) is 14.2 Å². The minimum absolute atomic E-state index is 0.0762. The summed E-state index contributed by atoms with van der Waals surface area (Å²) in [6.07, 6.45) is 0.602. The van der Waals surface area contributed by atoms with E-state index in [4.69, 9.17) is 19.3 Å². The summed E-state index contributed by atoms with van der Waals surface area (Å²) in [6.45, 7) is 4.15. The Morgan fingerprint density at radius 2 is 1.65 bits per heavy atom. The zero-order valence-electron chi connectivity index (χ0n) is 27.8. The van der Waals surface area contributed by atoms with Crippen LogP contribution in [0.1, 0.15) is 50.2 Å². The first-order valence-corrected chi connectivity index (χ1v) is 17.4. The van der Waals surface area contributed by atoms with E-state index in [0.29, 0.717) is 34.5 Å². The van der Waals surface area contributed by atoms with E-state index in [9.17, 15) is 9.59 Å². The number of thioether (sulfide) groups is 1. The van der Waals surface area contributed by atoms with Crippen LogP contribution < -0.4 is 19.5 Å². The average molecular weight is 697 g/mol. The molecular formula is C36H36N6O5S2. The molecule has 2 amide bonds. The molecule has 252 valence electrons. The van der Waals surface area contributed by atoms with Crippen LogP contribution in [0, 0.1) is 13.8 Å². The summed E-state index contributed by atoms with van der Waals surface area (Å²) < 4.78 is 17.9. The number of benzene rings is 3. The van der Waals surface area contributed by atoms with E-state index in [-0.39, 0.29) is 30.2 Å². The molecule has 1 aliphatic heterocycles. The van der Waals surface area contributed by atoms with Gasteiger partial charge in [-0.15, -0.1) is 21.5 Å². The number of thiophene rings is 1. The number of hydrazone groups is 1. The molecule has 2 aromatic heterocycles. The van der Waals surface area contributed by atoms with Crippen molar-refractivity contribution < 1.29 is 23.8 Å². The Kier molecular flexibility index (Phi) is 10.3. The van der Waals surface area contributed by atoms with Gasteiger partial charge in [0, 0.05) is 18.1 Å². The van der Waals surface area contributed by atoms with E-state index in [0.717, 1.165) is 38.7 Å². The summed E-state index contributed by atoms with van der Waals surface area (Å²) in [5.41, 5.74) is 5.21. The number of carbonyl (C=O) groups excluding carboxylic acids is 2. The van der Waals surface area contributed by atoms with E-state index in [1.54, 1.807) is 41.7 Å². The zero-order valence-corrected chi connectivity index (χ0v) is 29.4. The predicted molar refractivity (Wildman–Crippen MR) is 190 cm³/mol. The van der Waals surface area contributed by atoms with Gasteiger partial charge in [0.2, 0.25) is 0 Å². The van der Waals surface area contributed by atoms with Gasteiger partial charge < -0.3 is 19.5 Å². The predicted octanol–water partition coefficient (Wildman–Crippen LogP) is 6.37. The summed E-state index contributed by atoms with van der Waals surface area (Å²) in [4.78, 5) is 28.2. The lowest BCUT2D eigenvalue weighted by Crippen LogP contribution is -2.28. The molecule has 0 bridgehead atoms. The number of aromatic nitrogens is 3. The van der Waals surface area contributed by atoms with Gasteiger partial charge in [-0.25, -0.2) is 5.01 Å². The Balaban J connectivity index is 1.26. The van der Waals surface area contributed by atoms with Crippen LogP contribution in [0.2, 0.25) is 0 Å². The molecule has 0 radical (unpaired) electrons. The second-order valence-electron chi connectivity index (χ2n) is 11.3. The fourth-order valence-electron chi connectivity index (χ4n) is 5.54. The molecule has 49 heavy (non-hydrogen) atoms. The molecule has 0 fully saturated rings. The van der Waals surface area contributed by atoms with Crippen LogP contribution in [-0.2, 0) is 11.3 Å². The molecule has 13 heteroatoms. The molecule has 1 atom stereocenters. The number of nitrogens with one attached hydrogen (secondary N) is 1. The van der Waals surface area contributed by atoms with Crippen LogP contribution in [0.3, 0.4) is 0 Å². The van der Waals surface area contributed by atoms with E-state index >= 15 is 0 Å². The molecule has 1 unspecified atom stereocenters. The lowest BCUT2D eigenvalue weighted by Gasteiger charge is -2.22. The highest BCUT2D eigenvalue weighted by molar-refractivity contribution is 7.99. The Bertz CT molecular complexity index is 1970. The van der Waals surface area contributed by atoms with Gasteiger partial charge in [0.15, 0.2) is 11.0 Å². The first kappa shape index (κ1) is 33.7. The molecular weight excluding hydrogens is 661 g/mol. The first-order chi connectivity index (χ1) is 23.8. The minimum Gasteiger partial charge on any atom is -0.497 e. The van der Waals surface area contributed by atoms with E-state index in [2.05, 4.69) is 15.5 Å². The zero-order chi connectivity index (χ0) is 34.5. The number of aryl methyl sites for hydroxylation is 1. The van der Waals surface area contributed by atoms with Gasteiger partial charge in [-0.2, -0.15) is 5.10 Å². The van der Waals surface area contributed by atoms with Crippen LogP contribution in [0.25, 0.3) is 5.69 Å². The summed E-state index contributed by atoms with van der Waals surface area (Å²) in [6, 6.07) is 22.5. The Hall–Kier alpha value is -5.14. The quantitative estimate of drug-likeness (QED) is 0.150. The number of ether oxygens (including phenoxy) is 3. The Morgan fingerprint density at radius 1 is 0.918 bits per heavy atom. The van der Waals surface area contributed by atoms with Crippen molar-refractivity contribution in [3.05, 3.63) is 111 Å². The van der Waals surface area contributed by atoms with Gasteiger partial charge >= 0.3 is 0 Å².